The monoisotopic (exact) mass is 517 g/mol. The van der Waals surface area contributed by atoms with E-state index >= 15 is 0 Å². The van der Waals surface area contributed by atoms with Crippen LogP contribution in [0.4, 0.5) is 10.5 Å². The molecule has 4 aromatic carbocycles. The minimum absolute atomic E-state index is 0.0534. The number of hydrogen-bond donors (Lipinski definition) is 2. The van der Waals surface area contributed by atoms with Gasteiger partial charge in [-0.3, -0.25) is 5.32 Å². The molecule has 0 aliphatic carbocycles. The van der Waals surface area contributed by atoms with E-state index in [1.54, 1.807) is 39.0 Å². The van der Waals surface area contributed by atoms with Gasteiger partial charge in [0.15, 0.2) is 0 Å². The Hall–Kier alpha value is -3.87. The van der Waals surface area contributed by atoms with Gasteiger partial charge in [0.2, 0.25) is 5.60 Å². The number of esters is 1. The molecule has 0 saturated heterocycles. The Morgan fingerprint density at radius 3 is 2.27 bits per heavy atom. The maximum absolute atomic E-state index is 13.8. The lowest BCUT2D eigenvalue weighted by atomic mass is 9.82. The summed E-state index contributed by atoms with van der Waals surface area (Å²) in [4.78, 5) is 26.5. The van der Waals surface area contributed by atoms with Crippen LogP contribution in [0.25, 0.3) is 10.8 Å². The summed E-state index contributed by atoms with van der Waals surface area (Å²) in [5, 5.41) is 16.7. The molecule has 2 N–H and O–H groups in total. The average molecular weight is 518 g/mol. The zero-order valence-corrected chi connectivity index (χ0v) is 21.6. The molecule has 190 valence electrons. The zero-order chi connectivity index (χ0) is 26.6. The first kappa shape index (κ1) is 26.2. The van der Waals surface area contributed by atoms with Crippen LogP contribution < -0.4 is 5.32 Å². The van der Waals surface area contributed by atoms with Gasteiger partial charge in [0.1, 0.15) is 12.2 Å². The molecule has 0 unspecified atom stereocenters. The smallest absolute Gasteiger partial charge is 0.412 e. The maximum atomic E-state index is 13.8. The van der Waals surface area contributed by atoms with Crippen LogP contribution in [0.1, 0.15) is 37.5 Å². The first-order chi connectivity index (χ1) is 17.6. The summed E-state index contributed by atoms with van der Waals surface area (Å²) in [5.74, 6) is -0.915. The van der Waals surface area contributed by atoms with Gasteiger partial charge in [-0.1, -0.05) is 84.4 Å². The van der Waals surface area contributed by atoms with Crippen molar-refractivity contribution in [3.8, 4) is 0 Å². The molecular formula is C30H28ClNO5. The molecule has 1 atom stereocenters. The zero-order valence-electron chi connectivity index (χ0n) is 20.8. The molecule has 1 amide bonds. The number of aliphatic hydroxyl groups is 1. The molecule has 0 radical (unpaired) electrons. The Morgan fingerprint density at radius 1 is 0.865 bits per heavy atom. The lowest BCUT2D eigenvalue weighted by molar-refractivity contribution is -0.163. The van der Waals surface area contributed by atoms with E-state index < -0.39 is 23.3 Å². The largest absolute Gasteiger partial charge is 0.458 e. The van der Waals surface area contributed by atoms with E-state index in [-0.39, 0.29) is 28.4 Å². The van der Waals surface area contributed by atoms with Crippen molar-refractivity contribution in [3.63, 3.8) is 0 Å². The van der Waals surface area contributed by atoms with Crippen LogP contribution in [0.15, 0.2) is 91.0 Å². The molecule has 37 heavy (non-hydrogen) atoms. The molecule has 0 heterocycles. The Labute approximate surface area is 220 Å². The van der Waals surface area contributed by atoms with E-state index in [9.17, 15) is 14.7 Å². The third-order valence-corrected chi connectivity index (χ3v) is 5.93. The number of amides is 1. The van der Waals surface area contributed by atoms with Crippen LogP contribution >= 0.6 is 11.6 Å². The molecule has 0 aromatic heterocycles. The van der Waals surface area contributed by atoms with Gasteiger partial charge in [0, 0.05) is 16.1 Å². The maximum Gasteiger partial charge on any atom is 0.412 e. The quantitative estimate of drug-likeness (QED) is 0.274. The van der Waals surface area contributed by atoms with Crippen LogP contribution in [0.2, 0.25) is 5.02 Å². The molecule has 6 nitrogen and oxygen atoms in total. The third kappa shape index (κ3) is 5.93. The summed E-state index contributed by atoms with van der Waals surface area (Å²) >= 11 is 6.34. The number of fused-ring (bicyclic) bond motifs is 1. The molecule has 0 spiro atoms. The van der Waals surface area contributed by atoms with Crippen molar-refractivity contribution < 1.29 is 24.2 Å². The first-order valence-corrected chi connectivity index (χ1v) is 12.2. The van der Waals surface area contributed by atoms with E-state index in [2.05, 4.69) is 5.32 Å². The van der Waals surface area contributed by atoms with Crippen LogP contribution in [0.5, 0.6) is 0 Å². The Bertz CT molecular complexity index is 1430. The van der Waals surface area contributed by atoms with Crippen LogP contribution in [-0.2, 0) is 26.5 Å². The molecule has 0 bridgehead atoms. The van der Waals surface area contributed by atoms with Gasteiger partial charge in [0.25, 0.3) is 0 Å². The Balaban J connectivity index is 1.86. The van der Waals surface area contributed by atoms with Gasteiger partial charge in [-0.25, -0.2) is 9.59 Å². The summed E-state index contributed by atoms with van der Waals surface area (Å²) in [6, 6.07) is 26.3. The third-order valence-electron chi connectivity index (χ3n) is 5.69. The number of rotatable bonds is 6. The summed E-state index contributed by atoms with van der Waals surface area (Å²) < 4.78 is 11.1. The number of carbonyl (C=O) groups excluding carboxylic acids is 2. The van der Waals surface area contributed by atoms with Gasteiger partial charge in [-0.05, 0) is 55.3 Å². The fourth-order valence-electron chi connectivity index (χ4n) is 4.07. The van der Waals surface area contributed by atoms with E-state index in [0.29, 0.717) is 5.39 Å². The highest BCUT2D eigenvalue weighted by atomic mass is 35.5. The van der Waals surface area contributed by atoms with E-state index in [1.807, 2.05) is 60.7 Å². The summed E-state index contributed by atoms with van der Waals surface area (Å²) in [6.07, 6.45) is -0.742. The molecular weight excluding hydrogens is 490 g/mol. The Morgan fingerprint density at radius 2 is 1.54 bits per heavy atom. The van der Waals surface area contributed by atoms with Gasteiger partial charge in [-0.15, -0.1) is 0 Å². The second-order valence-electron chi connectivity index (χ2n) is 9.62. The number of ether oxygens (including phenoxy) is 2. The van der Waals surface area contributed by atoms with Gasteiger partial charge < -0.3 is 14.6 Å². The first-order valence-electron chi connectivity index (χ1n) is 11.8. The van der Waals surface area contributed by atoms with Gasteiger partial charge in [0.05, 0.1) is 5.69 Å². The average Bonchev–Trinajstić information content (AvgIpc) is 2.87. The number of carbonyl (C=O) groups is 2. The minimum atomic E-state index is -2.31. The summed E-state index contributed by atoms with van der Waals surface area (Å²) in [5.41, 5.74) is -1.80. The predicted molar refractivity (Wildman–Crippen MR) is 144 cm³/mol. The highest BCUT2D eigenvalue weighted by Crippen LogP contribution is 2.40. The summed E-state index contributed by atoms with van der Waals surface area (Å²) in [6.45, 7) is 5.16. The van der Waals surface area contributed by atoms with Crippen molar-refractivity contribution in [2.45, 2.75) is 38.6 Å². The SMILES string of the molecule is CC(C)(C)OC(=O)Nc1ccc(Cl)cc1[C@@](O)(C(=O)OCc1ccccc1)c1cccc2ccccc12. The number of benzene rings is 4. The van der Waals surface area contributed by atoms with Crippen molar-refractivity contribution in [2.75, 3.05) is 5.32 Å². The highest BCUT2D eigenvalue weighted by Gasteiger charge is 2.45. The van der Waals surface area contributed by atoms with Crippen molar-refractivity contribution in [1.82, 2.24) is 0 Å². The van der Waals surface area contributed by atoms with E-state index in [1.165, 1.54) is 12.1 Å². The number of anilines is 1. The second kappa shape index (κ2) is 10.6. The van der Waals surface area contributed by atoms with Crippen LogP contribution in [-0.4, -0.2) is 22.8 Å². The number of halogens is 1. The molecule has 4 aromatic rings. The molecule has 0 aliphatic rings. The van der Waals surface area contributed by atoms with E-state index in [4.69, 9.17) is 21.1 Å². The normalized spacial score (nSPS) is 13.0. The molecule has 4 rings (SSSR count). The van der Waals surface area contributed by atoms with Crippen LogP contribution in [0, 0.1) is 0 Å². The lowest BCUT2D eigenvalue weighted by Crippen LogP contribution is -2.40. The van der Waals surface area contributed by atoms with Crippen molar-refractivity contribution >= 4 is 40.1 Å². The van der Waals surface area contributed by atoms with Crippen LogP contribution in [0.3, 0.4) is 0 Å². The van der Waals surface area contributed by atoms with Crippen molar-refractivity contribution in [2.24, 2.45) is 0 Å². The topological polar surface area (TPSA) is 84.9 Å². The lowest BCUT2D eigenvalue weighted by Gasteiger charge is -2.30. The fraction of sp³-hybridized carbons (Fsp3) is 0.200. The van der Waals surface area contributed by atoms with E-state index in [0.717, 1.165) is 10.9 Å². The molecule has 7 heteroatoms. The highest BCUT2D eigenvalue weighted by molar-refractivity contribution is 6.30. The molecule has 0 fully saturated rings. The Kier molecular flexibility index (Phi) is 7.52. The second-order valence-corrected chi connectivity index (χ2v) is 10.1. The number of hydrogen-bond acceptors (Lipinski definition) is 5. The van der Waals surface area contributed by atoms with Gasteiger partial charge in [-0.2, -0.15) is 0 Å². The van der Waals surface area contributed by atoms with Gasteiger partial charge >= 0.3 is 12.1 Å². The predicted octanol–water partition coefficient (Wildman–Crippen LogP) is 6.82. The summed E-state index contributed by atoms with van der Waals surface area (Å²) in [7, 11) is 0. The standard InChI is InChI=1S/C30H28ClNO5/c1-29(2,3)37-28(34)32-26-17-16-22(31)18-25(26)30(35,27(33)36-19-20-10-5-4-6-11-20)24-15-9-13-21-12-7-8-14-23(21)24/h4-18,35H,19H2,1-3H3,(H,32,34)/t30-/m1/s1. The van der Waals surface area contributed by atoms with Crippen molar-refractivity contribution in [1.29, 1.82) is 0 Å². The fourth-order valence-corrected chi connectivity index (χ4v) is 4.24. The number of nitrogens with one attached hydrogen (secondary N) is 1. The van der Waals surface area contributed by atoms with Crippen molar-refractivity contribution in [3.05, 3.63) is 113 Å². The molecule has 0 saturated carbocycles. The molecule has 0 aliphatic heterocycles. The minimum Gasteiger partial charge on any atom is -0.458 e.